The maximum atomic E-state index is 9.89. The number of allylic oxidation sites excluding steroid dienone is 4. The van der Waals surface area contributed by atoms with Gasteiger partial charge in [-0.3, -0.25) is 0 Å². The summed E-state index contributed by atoms with van der Waals surface area (Å²) < 4.78 is 0. The zero-order valence-electron chi connectivity index (χ0n) is 13.6. The van der Waals surface area contributed by atoms with Gasteiger partial charge in [-0.1, -0.05) is 35.9 Å². The largest absolute Gasteiger partial charge is 0.399 e. The van der Waals surface area contributed by atoms with E-state index < -0.39 is 5.41 Å². The van der Waals surface area contributed by atoms with Crippen LogP contribution in [-0.2, 0) is 0 Å². The van der Waals surface area contributed by atoms with E-state index in [0.717, 1.165) is 36.0 Å². The van der Waals surface area contributed by atoms with Crippen LogP contribution in [0.25, 0.3) is 0 Å². The fraction of sp³-hybridized carbons (Fsp3) is 0.350. The first-order chi connectivity index (χ1) is 11.6. The number of rotatable bonds is 1. The highest BCUT2D eigenvalue weighted by Crippen LogP contribution is 2.55. The van der Waals surface area contributed by atoms with Crippen LogP contribution in [0.2, 0.25) is 0 Å². The van der Waals surface area contributed by atoms with Gasteiger partial charge in [-0.2, -0.15) is 15.8 Å². The zero-order valence-corrected chi connectivity index (χ0v) is 13.6. The summed E-state index contributed by atoms with van der Waals surface area (Å²) >= 11 is 0. The van der Waals surface area contributed by atoms with Gasteiger partial charge in [0.1, 0.15) is 6.07 Å². The Hall–Kier alpha value is -3.03. The molecule has 0 saturated carbocycles. The molecular formula is C20H18N4. The summed E-state index contributed by atoms with van der Waals surface area (Å²) in [4.78, 5) is 0. The molecule has 0 spiro atoms. The van der Waals surface area contributed by atoms with Crippen molar-refractivity contribution in [2.24, 2.45) is 17.1 Å². The Morgan fingerprint density at radius 2 is 1.79 bits per heavy atom. The lowest BCUT2D eigenvalue weighted by atomic mass is 9.57. The van der Waals surface area contributed by atoms with Crippen molar-refractivity contribution in [1.29, 1.82) is 15.8 Å². The van der Waals surface area contributed by atoms with Crippen LogP contribution >= 0.6 is 0 Å². The van der Waals surface area contributed by atoms with Gasteiger partial charge in [-0.25, -0.2) is 0 Å². The van der Waals surface area contributed by atoms with Crippen LogP contribution in [0, 0.1) is 52.2 Å². The maximum Gasteiger partial charge on any atom is 0.191 e. The lowest BCUT2D eigenvalue weighted by Gasteiger charge is -2.43. The number of nitrogens with two attached hydrogens (primary N) is 1. The molecule has 118 valence electrons. The Kier molecular flexibility index (Phi) is 3.88. The number of benzene rings is 1. The summed E-state index contributed by atoms with van der Waals surface area (Å²) in [5, 5.41) is 29.3. The molecule has 1 aromatic rings. The van der Waals surface area contributed by atoms with Gasteiger partial charge in [0.2, 0.25) is 0 Å². The van der Waals surface area contributed by atoms with Crippen LogP contribution in [0.1, 0.15) is 36.3 Å². The minimum absolute atomic E-state index is 0.0253. The van der Waals surface area contributed by atoms with Crippen LogP contribution in [0.3, 0.4) is 0 Å². The van der Waals surface area contributed by atoms with Crippen LogP contribution in [0.15, 0.2) is 47.2 Å². The van der Waals surface area contributed by atoms with E-state index in [1.54, 1.807) is 0 Å². The summed E-state index contributed by atoms with van der Waals surface area (Å²) in [6.45, 7) is 2.00. The summed E-state index contributed by atoms with van der Waals surface area (Å²) in [7, 11) is 0. The molecule has 1 aromatic carbocycles. The second kappa shape index (κ2) is 5.88. The lowest BCUT2D eigenvalue weighted by molar-refractivity contribution is 0.317. The molecule has 0 unspecified atom stereocenters. The number of nitriles is 3. The summed E-state index contributed by atoms with van der Waals surface area (Å²) in [5.74, 6) is -0.376. The molecule has 0 aromatic heterocycles. The third-order valence-corrected chi connectivity index (χ3v) is 5.24. The predicted molar refractivity (Wildman–Crippen MR) is 89.8 cm³/mol. The highest BCUT2D eigenvalue weighted by molar-refractivity contribution is 5.59. The number of hydrogen-bond donors (Lipinski definition) is 1. The molecule has 0 amide bonds. The first kappa shape index (κ1) is 15.9. The average Bonchev–Trinajstić information content (AvgIpc) is 2.62. The minimum Gasteiger partial charge on any atom is -0.399 e. The number of hydrogen-bond acceptors (Lipinski definition) is 4. The van der Waals surface area contributed by atoms with E-state index in [1.165, 1.54) is 0 Å². The van der Waals surface area contributed by atoms with Gasteiger partial charge in [-0.15, -0.1) is 0 Å². The predicted octanol–water partition coefficient (Wildman–Crippen LogP) is 3.59. The lowest BCUT2D eigenvalue weighted by Crippen LogP contribution is -2.42. The summed E-state index contributed by atoms with van der Waals surface area (Å²) in [6, 6.07) is 14.4. The summed E-state index contributed by atoms with van der Waals surface area (Å²) in [6.07, 6.45) is 4.80. The van der Waals surface area contributed by atoms with Crippen molar-refractivity contribution in [1.82, 2.24) is 0 Å². The maximum absolute atomic E-state index is 9.89. The van der Waals surface area contributed by atoms with Crippen molar-refractivity contribution in [2.75, 3.05) is 0 Å². The molecule has 0 radical (unpaired) electrons. The van der Waals surface area contributed by atoms with Gasteiger partial charge in [-0.05, 0) is 43.2 Å². The van der Waals surface area contributed by atoms with Gasteiger partial charge in [0.15, 0.2) is 5.41 Å². The van der Waals surface area contributed by atoms with Gasteiger partial charge in [0.05, 0.1) is 23.4 Å². The molecule has 0 heterocycles. The first-order valence-corrected chi connectivity index (χ1v) is 8.09. The Balaban J connectivity index is 2.31. The molecule has 2 atom stereocenters. The van der Waals surface area contributed by atoms with Crippen LogP contribution in [0.4, 0.5) is 0 Å². The van der Waals surface area contributed by atoms with Crippen molar-refractivity contribution in [3.63, 3.8) is 0 Å². The van der Waals surface area contributed by atoms with Gasteiger partial charge < -0.3 is 5.73 Å². The molecule has 0 aliphatic heterocycles. The SMILES string of the molecule is Cc1ccc([C@H]2[C@@H]3CCCC=C3C(C#N)=C(N)C2(C#N)C#N)cc1. The molecule has 0 fully saturated rings. The Morgan fingerprint density at radius 1 is 1.12 bits per heavy atom. The van der Waals surface area contributed by atoms with Gasteiger partial charge >= 0.3 is 0 Å². The third kappa shape index (κ3) is 2.10. The van der Waals surface area contributed by atoms with Crippen LogP contribution in [0.5, 0.6) is 0 Å². The quantitative estimate of drug-likeness (QED) is 0.856. The third-order valence-electron chi connectivity index (χ3n) is 5.24. The van der Waals surface area contributed by atoms with Crippen molar-refractivity contribution in [3.8, 4) is 18.2 Å². The minimum atomic E-state index is -1.50. The molecule has 0 bridgehead atoms. The Labute approximate surface area is 142 Å². The average molecular weight is 314 g/mol. The van der Waals surface area contributed by atoms with E-state index in [4.69, 9.17) is 5.73 Å². The van der Waals surface area contributed by atoms with Crippen molar-refractivity contribution >= 4 is 0 Å². The topological polar surface area (TPSA) is 97.4 Å². The number of aryl methyl sites for hydroxylation is 1. The molecule has 4 nitrogen and oxygen atoms in total. The van der Waals surface area contributed by atoms with Crippen molar-refractivity contribution in [2.45, 2.75) is 32.1 Å². The molecule has 0 saturated heterocycles. The van der Waals surface area contributed by atoms with E-state index in [-0.39, 0.29) is 17.5 Å². The molecule has 4 heteroatoms. The van der Waals surface area contributed by atoms with E-state index in [2.05, 4.69) is 24.3 Å². The van der Waals surface area contributed by atoms with E-state index in [1.807, 2.05) is 31.2 Å². The molecule has 2 N–H and O–H groups in total. The molecule has 24 heavy (non-hydrogen) atoms. The smallest absolute Gasteiger partial charge is 0.191 e. The number of fused-ring (bicyclic) bond motifs is 1. The van der Waals surface area contributed by atoms with E-state index in [0.29, 0.717) is 5.57 Å². The van der Waals surface area contributed by atoms with E-state index >= 15 is 0 Å². The molecule has 3 rings (SSSR count). The Morgan fingerprint density at radius 3 is 2.38 bits per heavy atom. The highest BCUT2D eigenvalue weighted by Gasteiger charge is 2.53. The zero-order chi connectivity index (χ0) is 17.3. The van der Waals surface area contributed by atoms with Gasteiger partial charge in [0.25, 0.3) is 0 Å². The molecule has 2 aliphatic rings. The first-order valence-electron chi connectivity index (χ1n) is 8.09. The second-order valence-electron chi connectivity index (χ2n) is 6.52. The monoisotopic (exact) mass is 314 g/mol. The molecule has 2 aliphatic carbocycles. The highest BCUT2D eigenvalue weighted by atomic mass is 14.7. The summed E-state index contributed by atoms with van der Waals surface area (Å²) in [5.41, 5.74) is 8.11. The normalized spacial score (nSPS) is 24.8. The second-order valence-corrected chi connectivity index (χ2v) is 6.52. The number of nitrogens with zero attached hydrogens (tertiary/aromatic N) is 3. The van der Waals surface area contributed by atoms with Crippen molar-refractivity contribution < 1.29 is 0 Å². The fourth-order valence-electron chi connectivity index (χ4n) is 4.02. The van der Waals surface area contributed by atoms with E-state index in [9.17, 15) is 15.8 Å². The molecular weight excluding hydrogens is 296 g/mol. The van der Waals surface area contributed by atoms with Crippen molar-refractivity contribution in [3.05, 3.63) is 58.3 Å². The Bertz CT molecular complexity index is 839. The fourth-order valence-corrected chi connectivity index (χ4v) is 4.02. The van der Waals surface area contributed by atoms with Gasteiger partial charge in [0, 0.05) is 5.92 Å². The van der Waals surface area contributed by atoms with Crippen LogP contribution < -0.4 is 5.73 Å². The standard InChI is InChI=1S/C20H18N4/c1-13-6-8-14(9-7-13)18-16-5-3-2-4-15(16)17(10-21)19(24)20(18,11-22)12-23/h4,6-9,16,18H,2-3,5,24H2,1H3/t16-,18+/m1/s1. The van der Waals surface area contributed by atoms with Crippen LogP contribution in [-0.4, -0.2) is 0 Å².